The molecule has 0 spiro atoms. The van der Waals surface area contributed by atoms with Gasteiger partial charge in [0.1, 0.15) is 29.0 Å². The molecule has 0 aliphatic heterocycles. The fourth-order valence-corrected chi connectivity index (χ4v) is 2.26. The molecule has 1 aromatic rings. The molecule has 3 nitrogen and oxygen atoms in total. The first-order chi connectivity index (χ1) is 8.94. The van der Waals surface area contributed by atoms with Crippen LogP contribution in [0, 0.1) is 17.6 Å². The molecule has 0 aromatic heterocycles. The van der Waals surface area contributed by atoms with Crippen LogP contribution in [0.5, 0.6) is 5.75 Å². The summed E-state index contributed by atoms with van der Waals surface area (Å²) in [7, 11) is 0. The van der Waals surface area contributed by atoms with Gasteiger partial charge in [-0.15, -0.1) is 0 Å². The Morgan fingerprint density at radius 1 is 1.11 bits per heavy atom. The van der Waals surface area contributed by atoms with E-state index in [0.717, 1.165) is 18.2 Å². The van der Waals surface area contributed by atoms with Gasteiger partial charge >= 0.3 is 0 Å². The highest BCUT2D eigenvalue weighted by Crippen LogP contribution is 2.26. The molecule has 102 valence electrons. The number of carbonyl (C=O) groups excluding carboxylic acids is 2. The van der Waals surface area contributed by atoms with Gasteiger partial charge in [0.05, 0.1) is 12.5 Å². The van der Waals surface area contributed by atoms with Crippen molar-refractivity contribution >= 4 is 11.6 Å². The second-order valence-electron chi connectivity index (χ2n) is 4.85. The van der Waals surface area contributed by atoms with Gasteiger partial charge in [0.2, 0.25) is 0 Å². The smallest absolute Gasteiger partial charge is 0.140 e. The predicted molar refractivity (Wildman–Crippen MR) is 63.8 cm³/mol. The van der Waals surface area contributed by atoms with Gasteiger partial charge < -0.3 is 4.74 Å². The number of hydrogen-bond donors (Lipinski definition) is 0. The second-order valence-corrected chi connectivity index (χ2v) is 4.85. The maximum absolute atomic E-state index is 13.0. The van der Waals surface area contributed by atoms with Crippen molar-refractivity contribution in [2.75, 3.05) is 0 Å². The lowest BCUT2D eigenvalue weighted by Gasteiger charge is -2.26. The third-order valence-corrected chi connectivity index (χ3v) is 3.20. The van der Waals surface area contributed by atoms with E-state index in [2.05, 4.69) is 0 Å². The first-order valence-electron chi connectivity index (χ1n) is 6.10. The van der Waals surface area contributed by atoms with Crippen molar-refractivity contribution in [2.45, 2.75) is 32.3 Å². The molecule has 0 radical (unpaired) electrons. The molecular formula is C14H14F2O3. The van der Waals surface area contributed by atoms with E-state index in [4.69, 9.17) is 4.74 Å². The maximum atomic E-state index is 13.0. The van der Waals surface area contributed by atoms with Crippen molar-refractivity contribution < 1.29 is 23.1 Å². The van der Waals surface area contributed by atoms with E-state index >= 15 is 0 Å². The van der Waals surface area contributed by atoms with E-state index in [0.29, 0.717) is 0 Å². The Morgan fingerprint density at radius 2 is 1.63 bits per heavy atom. The minimum absolute atomic E-state index is 0.0161. The molecule has 1 fully saturated rings. The number of carbonyl (C=O) groups is 2. The van der Waals surface area contributed by atoms with E-state index in [9.17, 15) is 18.4 Å². The van der Waals surface area contributed by atoms with Crippen LogP contribution in [0.2, 0.25) is 0 Å². The zero-order chi connectivity index (χ0) is 14.0. The zero-order valence-corrected chi connectivity index (χ0v) is 10.5. The van der Waals surface area contributed by atoms with Crippen molar-refractivity contribution in [3.05, 3.63) is 29.8 Å². The van der Waals surface area contributed by atoms with Crippen LogP contribution in [0.1, 0.15) is 26.2 Å². The minimum Gasteiger partial charge on any atom is -0.490 e. The molecule has 0 saturated heterocycles. The number of rotatable bonds is 3. The van der Waals surface area contributed by atoms with Gasteiger partial charge in [-0.25, -0.2) is 8.78 Å². The standard InChI is InChI=1S/C14H14F2O3/c1-8(9-2-12(17)7-13(18)3-9)19-14-5-10(15)4-11(16)6-14/h4-6,8-9H,2-3,7H2,1H3. The van der Waals surface area contributed by atoms with Crippen LogP contribution in [0.15, 0.2) is 18.2 Å². The lowest BCUT2D eigenvalue weighted by atomic mass is 9.84. The number of Topliss-reactive ketones (excluding diaryl/α,β-unsaturated/α-hetero) is 2. The molecule has 1 unspecified atom stereocenters. The van der Waals surface area contributed by atoms with E-state index in [1.165, 1.54) is 0 Å². The van der Waals surface area contributed by atoms with Gasteiger partial charge in [-0.05, 0) is 6.92 Å². The molecular weight excluding hydrogens is 254 g/mol. The fraction of sp³-hybridized carbons (Fsp3) is 0.429. The van der Waals surface area contributed by atoms with E-state index in [1.807, 2.05) is 0 Å². The Labute approximate surface area is 109 Å². The van der Waals surface area contributed by atoms with Crippen LogP contribution in [-0.4, -0.2) is 17.7 Å². The lowest BCUT2D eigenvalue weighted by Crippen LogP contribution is -2.32. The molecule has 1 aromatic carbocycles. The number of ether oxygens (including phenoxy) is 1. The molecule has 1 atom stereocenters. The molecule has 2 rings (SSSR count). The Hall–Kier alpha value is -1.78. The first-order valence-corrected chi connectivity index (χ1v) is 6.10. The Balaban J connectivity index is 2.05. The topological polar surface area (TPSA) is 43.4 Å². The fourth-order valence-electron chi connectivity index (χ4n) is 2.26. The average Bonchev–Trinajstić information content (AvgIpc) is 2.25. The second kappa shape index (κ2) is 5.47. The zero-order valence-electron chi connectivity index (χ0n) is 10.5. The summed E-state index contributed by atoms with van der Waals surface area (Å²) in [6.45, 7) is 1.69. The summed E-state index contributed by atoms with van der Waals surface area (Å²) in [6.07, 6.45) is 0.0714. The summed E-state index contributed by atoms with van der Waals surface area (Å²) in [5.41, 5.74) is 0. The van der Waals surface area contributed by atoms with E-state index < -0.39 is 17.7 Å². The van der Waals surface area contributed by atoms with Gasteiger partial charge in [0, 0.05) is 37.0 Å². The van der Waals surface area contributed by atoms with Crippen LogP contribution in [-0.2, 0) is 9.59 Å². The number of halogens is 2. The summed E-state index contributed by atoms with van der Waals surface area (Å²) >= 11 is 0. The Morgan fingerprint density at radius 3 is 2.16 bits per heavy atom. The van der Waals surface area contributed by atoms with Crippen LogP contribution < -0.4 is 4.74 Å². The number of ketones is 2. The Bertz CT molecular complexity index is 477. The van der Waals surface area contributed by atoms with Crippen molar-refractivity contribution in [2.24, 2.45) is 5.92 Å². The quantitative estimate of drug-likeness (QED) is 0.791. The van der Waals surface area contributed by atoms with Gasteiger partial charge in [0.15, 0.2) is 0 Å². The predicted octanol–water partition coefficient (Wildman–Crippen LogP) is 2.67. The SMILES string of the molecule is CC(Oc1cc(F)cc(F)c1)C1CC(=O)CC(=O)C1. The van der Waals surface area contributed by atoms with Crippen molar-refractivity contribution in [3.63, 3.8) is 0 Å². The largest absolute Gasteiger partial charge is 0.490 e. The van der Waals surface area contributed by atoms with Crippen LogP contribution in [0.3, 0.4) is 0 Å². The van der Waals surface area contributed by atoms with Gasteiger partial charge in [0.25, 0.3) is 0 Å². The highest BCUT2D eigenvalue weighted by atomic mass is 19.1. The van der Waals surface area contributed by atoms with Gasteiger partial charge in [-0.2, -0.15) is 0 Å². The molecule has 1 saturated carbocycles. The first kappa shape index (κ1) is 13.6. The minimum atomic E-state index is -0.724. The molecule has 0 amide bonds. The lowest BCUT2D eigenvalue weighted by molar-refractivity contribution is -0.132. The molecule has 1 aliphatic carbocycles. The van der Waals surface area contributed by atoms with Crippen molar-refractivity contribution in [1.82, 2.24) is 0 Å². The summed E-state index contributed by atoms with van der Waals surface area (Å²) in [6, 6.07) is 2.91. The third kappa shape index (κ3) is 3.59. The molecule has 5 heteroatoms. The van der Waals surface area contributed by atoms with E-state index in [-0.39, 0.29) is 42.5 Å². The molecule has 0 N–H and O–H groups in total. The van der Waals surface area contributed by atoms with E-state index in [1.54, 1.807) is 6.92 Å². The highest BCUT2D eigenvalue weighted by molar-refractivity contribution is 6.01. The number of hydrogen-bond acceptors (Lipinski definition) is 3. The Kier molecular flexibility index (Phi) is 3.93. The number of benzene rings is 1. The third-order valence-electron chi connectivity index (χ3n) is 3.20. The van der Waals surface area contributed by atoms with Crippen LogP contribution in [0.25, 0.3) is 0 Å². The monoisotopic (exact) mass is 268 g/mol. The molecule has 19 heavy (non-hydrogen) atoms. The summed E-state index contributed by atoms with van der Waals surface area (Å²) < 4.78 is 31.5. The summed E-state index contributed by atoms with van der Waals surface area (Å²) in [5.74, 6) is -1.84. The van der Waals surface area contributed by atoms with Gasteiger partial charge in [-0.3, -0.25) is 9.59 Å². The molecule has 1 aliphatic rings. The average molecular weight is 268 g/mol. The van der Waals surface area contributed by atoms with Crippen molar-refractivity contribution in [1.29, 1.82) is 0 Å². The summed E-state index contributed by atoms with van der Waals surface area (Å²) in [5, 5.41) is 0. The maximum Gasteiger partial charge on any atom is 0.140 e. The molecule has 0 heterocycles. The summed E-state index contributed by atoms with van der Waals surface area (Å²) in [4.78, 5) is 22.7. The van der Waals surface area contributed by atoms with Gasteiger partial charge in [-0.1, -0.05) is 0 Å². The normalized spacial score (nSPS) is 18.5. The van der Waals surface area contributed by atoms with Crippen LogP contribution >= 0.6 is 0 Å². The molecule has 0 bridgehead atoms. The highest BCUT2D eigenvalue weighted by Gasteiger charge is 2.30. The van der Waals surface area contributed by atoms with Crippen LogP contribution in [0.4, 0.5) is 8.78 Å². The van der Waals surface area contributed by atoms with Crippen molar-refractivity contribution in [3.8, 4) is 5.75 Å².